The van der Waals surface area contributed by atoms with Crippen LogP contribution in [-0.2, 0) is 25.7 Å². The minimum absolute atomic E-state index is 0.921. The van der Waals surface area contributed by atoms with Crippen molar-refractivity contribution >= 4 is 21.7 Å². The number of hydrogen-bond acceptors (Lipinski definition) is 3. The van der Waals surface area contributed by atoms with E-state index in [1.807, 2.05) is 42.9 Å². The molecule has 0 saturated heterocycles. The van der Waals surface area contributed by atoms with Gasteiger partial charge in [-0.25, -0.2) is 0 Å². The van der Waals surface area contributed by atoms with Crippen LogP contribution < -0.4 is 0 Å². The zero-order chi connectivity index (χ0) is 48.1. The largest absolute Gasteiger partial charge is 0.256 e. The number of aromatic nitrogens is 3. The monoisotopic (exact) mass is 921 g/mol. The van der Waals surface area contributed by atoms with Gasteiger partial charge in [0, 0.05) is 40.5 Å². The van der Waals surface area contributed by atoms with E-state index in [4.69, 9.17) is 4.98 Å². The Hall–Kier alpha value is -9.05. The van der Waals surface area contributed by atoms with Crippen LogP contribution in [0.4, 0.5) is 0 Å². The molecule has 12 aromatic rings. The molecule has 72 heavy (non-hydrogen) atoms. The van der Waals surface area contributed by atoms with Gasteiger partial charge in [0.15, 0.2) is 0 Å². The van der Waals surface area contributed by atoms with E-state index in [0.29, 0.717) is 0 Å². The Morgan fingerprint density at radius 3 is 1.32 bits per heavy atom. The minimum Gasteiger partial charge on any atom is -0.256 e. The Morgan fingerprint density at radius 2 is 0.722 bits per heavy atom. The molecule has 342 valence electrons. The Bertz CT molecular complexity index is 3690. The number of rotatable bonds is 13. The highest BCUT2D eigenvalue weighted by Crippen LogP contribution is 2.45. The van der Waals surface area contributed by atoms with E-state index >= 15 is 0 Å². The summed E-state index contributed by atoms with van der Waals surface area (Å²) < 4.78 is 0. The summed E-state index contributed by atoms with van der Waals surface area (Å²) in [6.07, 6.45) is 9.38. The maximum absolute atomic E-state index is 5.08. The summed E-state index contributed by atoms with van der Waals surface area (Å²) in [6.45, 7) is 0. The smallest absolute Gasteiger partial charge is 0.0786 e. The molecule has 0 atom stereocenters. The van der Waals surface area contributed by atoms with Crippen molar-refractivity contribution in [2.45, 2.75) is 25.7 Å². The van der Waals surface area contributed by atoms with Gasteiger partial charge in [0.05, 0.1) is 16.9 Å². The number of hydrogen-bond donors (Lipinski definition) is 0. The second-order valence-electron chi connectivity index (χ2n) is 18.6. The molecule has 0 spiro atoms. The van der Waals surface area contributed by atoms with Crippen molar-refractivity contribution in [2.24, 2.45) is 0 Å². The second-order valence-corrected chi connectivity index (χ2v) is 18.6. The Balaban J connectivity index is 0.958. The first kappa shape index (κ1) is 44.2. The molecule has 3 nitrogen and oxygen atoms in total. The van der Waals surface area contributed by atoms with Crippen molar-refractivity contribution in [2.75, 3.05) is 0 Å². The molecule has 0 saturated carbocycles. The quantitative estimate of drug-likeness (QED) is 0.108. The lowest BCUT2D eigenvalue weighted by Crippen LogP contribution is -1.98. The Morgan fingerprint density at radius 1 is 0.236 bits per heavy atom. The van der Waals surface area contributed by atoms with Gasteiger partial charge in [-0.2, -0.15) is 0 Å². The zero-order valence-corrected chi connectivity index (χ0v) is 40.0. The summed E-state index contributed by atoms with van der Waals surface area (Å²) >= 11 is 0. The third kappa shape index (κ3) is 9.24. The second kappa shape index (κ2) is 20.1. The molecule has 0 N–H and O–H groups in total. The third-order valence-corrected chi connectivity index (χ3v) is 14.1. The maximum atomic E-state index is 5.08. The van der Waals surface area contributed by atoms with E-state index in [1.54, 1.807) is 0 Å². The molecule has 0 fully saturated rings. The third-order valence-electron chi connectivity index (χ3n) is 14.1. The van der Waals surface area contributed by atoms with Gasteiger partial charge in [-0.1, -0.05) is 212 Å². The van der Waals surface area contributed by atoms with Crippen molar-refractivity contribution in [3.63, 3.8) is 0 Å². The van der Waals surface area contributed by atoms with Crippen LogP contribution in [0.3, 0.4) is 0 Å². The lowest BCUT2D eigenvalue weighted by molar-refractivity contribution is 0.931. The molecule has 0 aliphatic heterocycles. The number of aryl methyl sites for hydroxylation is 4. The molecule has 0 aliphatic carbocycles. The van der Waals surface area contributed by atoms with Crippen LogP contribution in [0.1, 0.15) is 22.3 Å². The minimum atomic E-state index is 0.921. The molecule has 0 bridgehead atoms. The van der Waals surface area contributed by atoms with Crippen molar-refractivity contribution < 1.29 is 0 Å². The highest BCUT2D eigenvalue weighted by atomic mass is 14.7. The molecular weight excluding hydrogens is 871 g/mol. The van der Waals surface area contributed by atoms with E-state index in [9.17, 15) is 0 Å². The van der Waals surface area contributed by atoms with Crippen LogP contribution in [0, 0.1) is 0 Å². The molecule has 9 aromatic carbocycles. The molecule has 0 aliphatic rings. The molecule has 3 heteroatoms. The van der Waals surface area contributed by atoms with Gasteiger partial charge >= 0.3 is 0 Å². The fourth-order valence-electron chi connectivity index (χ4n) is 10.4. The predicted octanol–water partition coefficient (Wildman–Crippen LogP) is 17.4. The van der Waals surface area contributed by atoms with Gasteiger partial charge in [-0.3, -0.25) is 15.0 Å². The summed E-state index contributed by atoms with van der Waals surface area (Å²) in [5, 5.41) is 3.46. The van der Waals surface area contributed by atoms with Crippen LogP contribution in [0.2, 0.25) is 0 Å². The van der Waals surface area contributed by atoms with Gasteiger partial charge in [0.2, 0.25) is 0 Å². The zero-order valence-electron chi connectivity index (χ0n) is 40.0. The molecule has 0 unspecified atom stereocenters. The predicted molar refractivity (Wildman–Crippen MR) is 301 cm³/mol. The van der Waals surface area contributed by atoms with Crippen molar-refractivity contribution in [1.82, 2.24) is 15.0 Å². The van der Waals surface area contributed by atoms with Gasteiger partial charge in [-0.05, 0) is 139 Å². The van der Waals surface area contributed by atoms with Crippen LogP contribution >= 0.6 is 0 Å². The average Bonchev–Trinajstić information content (AvgIpc) is 3.47. The van der Waals surface area contributed by atoms with E-state index in [0.717, 1.165) is 64.5 Å². The van der Waals surface area contributed by atoms with E-state index in [1.165, 1.54) is 83.3 Å². The van der Waals surface area contributed by atoms with Crippen LogP contribution in [0.25, 0.3) is 99.8 Å². The number of fused-ring (bicyclic) bond motifs is 3. The first-order valence-electron chi connectivity index (χ1n) is 25.0. The number of nitrogens with zero attached hydrogens (tertiary/aromatic N) is 3. The Labute approximate surface area is 421 Å². The van der Waals surface area contributed by atoms with E-state index < -0.39 is 0 Å². The lowest BCUT2D eigenvalue weighted by Gasteiger charge is -2.19. The van der Waals surface area contributed by atoms with Crippen molar-refractivity contribution in [1.29, 1.82) is 0 Å². The fourth-order valence-corrected chi connectivity index (χ4v) is 10.4. The summed E-state index contributed by atoms with van der Waals surface area (Å²) in [5.41, 5.74) is 22.5. The van der Waals surface area contributed by atoms with Crippen LogP contribution in [-0.4, -0.2) is 15.0 Å². The summed E-state index contributed by atoms with van der Waals surface area (Å²) in [5.74, 6) is 0. The summed E-state index contributed by atoms with van der Waals surface area (Å²) in [7, 11) is 0. The molecule has 3 heterocycles. The Kier molecular flexibility index (Phi) is 12.3. The topological polar surface area (TPSA) is 38.7 Å². The highest BCUT2D eigenvalue weighted by molar-refractivity contribution is 6.16. The van der Waals surface area contributed by atoms with E-state index in [2.05, 4.69) is 228 Å². The first-order chi connectivity index (χ1) is 35.7. The van der Waals surface area contributed by atoms with Crippen molar-refractivity contribution in [3.8, 4) is 78.1 Å². The molecule has 3 aromatic heterocycles. The number of benzene rings is 9. The standard InChI is InChI=1S/C69H51N3/c1-3-13-52(14-4-1)53-33-35-57(36-34-53)68-62(37-40-65-63(68)38-39-64-60(41-44-72-69(64)65)54-15-5-2-6-16-54)61-18-8-7-17-59(61)58-46-50(23-21-48-25-29-55(30-26-48)66-19-9-11-42-70-66)45-51(47-58)24-22-49-27-31-56(32-28-49)67-20-10-12-43-71-67/h1-20,25-47H,21-24H2. The summed E-state index contributed by atoms with van der Waals surface area (Å²) in [6, 6.07) is 88.1. The van der Waals surface area contributed by atoms with Gasteiger partial charge < -0.3 is 0 Å². The van der Waals surface area contributed by atoms with E-state index in [-0.39, 0.29) is 0 Å². The van der Waals surface area contributed by atoms with Gasteiger partial charge in [0.25, 0.3) is 0 Å². The van der Waals surface area contributed by atoms with Gasteiger partial charge in [-0.15, -0.1) is 0 Å². The average molecular weight is 922 g/mol. The van der Waals surface area contributed by atoms with Crippen LogP contribution in [0.5, 0.6) is 0 Å². The fraction of sp³-hybridized carbons (Fsp3) is 0.0580. The SMILES string of the molecule is c1ccc(-c2ccc(-c3c(-c4ccccc4-c4cc(CCc5ccc(-c6ccccn6)cc5)cc(CCc5ccc(-c6ccccn6)cc5)c4)ccc4c3ccc3c(-c5ccccc5)ccnc34)cc2)cc1. The maximum Gasteiger partial charge on any atom is 0.0786 e. The van der Waals surface area contributed by atoms with Crippen molar-refractivity contribution in [3.05, 3.63) is 283 Å². The highest BCUT2D eigenvalue weighted by Gasteiger charge is 2.19. The molecule has 0 amide bonds. The number of pyridine rings is 3. The summed E-state index contributed by atoms with van der Waals surface area (Å²) in [4.78, 5) is 14.2. The van der Waals surface area contributed by atoms with Gasteiger partial charge in [0.1, 0.15) is 0 Å². The van der Waals surface area contributed by atoms with Crippen LogP contribution in [0.15, 0.2) is 261 Å². The molecular formula is C69H51N3. The first-order valence-corrected chi connectivity index (χ1v) is 25.0. The molecule has 0 radical (unpaired) electrons. The molecule has 12 rings (SSSR count). The lowest BCUT2D eigenvalue weighted by atomic mass is 9.84. The normalized spacial score (nSPS) is 11.3.